The summed E-state index contributed by atoms with van der Waals surface area (Å²) in [5.74, 6) is 0.620. The van der Waals surface area contributed by atoms with Crippen LogP contribution in [0.2, 0.25) is 0 Å². The van der Waals surface area contributed by atoms with Crippen molar-refractivity contribution >= 4 is 29.3 Å². The third-order valence-corrected chi connectivity index (χ3v) is 9.01. The van der Waals surface area contributed by atoms with Crippen molar-refractivity contribution in [1.29, 1.82) is 5.26 Å². The molecule has 4 aliphatic rings. The van der Waals surface area contributed by atoms with Gasteiger partial charge in [0.1, 0.15) is 30.3 Å². The zero-order valence-electron chi connectivity index (χ0n) is 25.6. The Labute approximate surface area is 270 Å². The highest BCUT2D eigenvalue weighted by Gasteiger charge is 2.37. The van der Waals surface area contributed by atoms with Crippen molar-refractivity contribution < 1.29 is 23.5 Å². The number of benzene rings is 2. The van der Waals surface area contributed by atoms with Crippen molar-refractivity contribution in [2.45, 2.75) is 30.8 Å². The first-order chi connectivity index (χ1) is 22.9. The highest BCUT2D eigenvalue weighted by molar-refractivity contribution is 5.90. The van der Waals surface area contributed by atoms with Gasteiger partial charge >= 0.3 is 6.03 Å². The Morgan fingerprint density at radius 2 is 1.89 bits per heavy atom. The lowest BCUT2D eigenvalue weighted by molar-refractivity contribution is -0.136. The lowest BCUT2D eigenvalue weighted by atomic mass is 10.0. The van der Waals surface area contributed by atoms with Crippen LogP contribution in [0.3, 0.4) is 0 Å². The summed E-state index contributed by atoms with van der Waals surface area (Å²) in [4.78, 5) is 43.4. The first kappa shape index (κ1) is 30.6. The summed E-state index contributed by atoms with van der Waals surface area (Å²) in [6, 6.07) is 14.6. The molecule has 4 aliphatic heterocycles. The van der Waals surface area contributed by atoms with E-state index in [0.29, 0.717) is 23.4 Å². The van der Waals surface area contributed by atoms with Gasteiger partial charge in [-0.3, -0.25) is 9.69 Å². The number of ether oxygens (including phenoxy) is 2. The number of rotatable bonds is 8. The van der Waals surface area contributed by atoms with E-state index in [1.807, 2.05) is 12.1 Å². The number of carbonyl (C=O) groups excluding carboxylic acids is 2. The van der Waals surface area contributed by atoms with Crippen molar-refractivity contribution in [2.24, 2.45) is 0 Å². The predicted octanol–water partition coefficient (Wildman–Crippen LogP) is 1.67. The Morgan fingerprint density at radius 1 is 1.09 bits per heavy atom. The van der Waals surface area contributed by atoms with Crippen molar-refractivity contribution in [3.63, 3.8) is 0 Å². The minimum Gasteiger partial charge on any atom is -0.486 e. The average Bonchev–Trinajstić information content (AvgIpc) is 3.51. The van der Waals surface area contributed by atoms with Crippen molar-refractivity contribution in [1.82, 2.24) is 35.4 Å². The van der Waals surface area contributed by atoms with E-state index < -0.39 is 24.3 Å². The summed E-state index contributed by atoms with van der Waals surface area (Å²) in [6.45, 7) is 5.97. The zero-order valence-corrected chi connectivity index (χ0v) is 25.6. The Kier molecular flexibility index (Phi) is 8.68. The first-order valence-electron chi connectivity index (χ1n) is 15.7. The maximum atomic E-state index is 15.1. The average molecular weight is 643 g/mol. The summed E-state index contributed by atoms with van der Waals surface area (Å²) in [7, 11) is 0. The molecule has 0 spiro atoms. The van der Waals surface area contributed by atoms with Gasteiger partial charge in [0.25, 0.3) is 0 Å². The molecule has 3 N–H and O–H groups in total. The molecule has 5 heterocycles. The molecule has 0 saturated carbocycles. The number of alkyl halides is 1. The molecule has 47 heavy (non-hydrogen) atoms. The topological polar surface area (TPSA) is 161 Å². The van der Waals surface area contributed by atoms with Crippen LogP contribution >= 0.6 is 0 Å². The lowest BCUT2D eigenvalue weighted by Crippen LogP contribution is -2.56. The van der Waals surface area contributed by atoms with Crippen molar-refractivity contribution in [2.75, 3.05) is 69.2 Å². The number of likely N-dealkylation sites (tertiary alicyclic amines) is 1. The van der Waals surface area contributed by atoms with Gasteiger partial charge < -0.3 is 35.2 Å². The summed E-state index contributed by atoms with van der Waals surface area (Å²) < 4.78 is 26.4. The van der Waals surface area contributed by atoms with E-state index in [4.69, 9.17) is 9.47 Å². The molecule has 3 aromatic rings. The van der Waals surface area contributed by atoms with E-state index in [2.05, 4.69) is 58.9 Å². The van der Waals surface area contributed by atoms with Gasteiger partial charge in [0.15, 0.2) is 12.0 Å². The van der Waals surface area contributed by atoms with Crippen LogP contribution in [0.1, 0.15) is 12.0 Å². The van der Waals surface area contributed by atoms with E-state index in [1.165, 1.54) is 11.2 Å². The largest absolute Gasteiger partial charge is 0.486 e. The number of hydrogen-bond acceptors (Lipinski definition) is 11. The molecule has 7 rings (SSSR count). The lowest BCUT2D eigenvalue weighted by Gasteiger charge is -2.43. The molecular weight excluding hydrogens is 607 g/mol. The van der Waals surface area contributed by atoms with Crippen LogP contribution in [-0.4, -0.2) is 120 Å². The smallest absolute Gasteiger partial charge is 0.315 e. The van der Waals surface area contributed by atoms with Gasteiger partial charge in [-0.2, -0.15) is 10.2 Å². The normalized spacial score (nSPS) is 23.3. The van der Waals surface area contributed by atoms with Crippen LogP contribution in [0.25, 0.3) is 11.4 Å². The maximum absolute atomic E-state index is 15.1. The standard InChI is InChI=1S/C32H35FN10O4/c33-25-16-43(30(44)26-15-35-32(45)39-26)8-7-28(25)47-27-6-1-20(13-21(27)14-34)29-36-19-37-31(40-29)38-22-2-4-23(5-3-22)41-9-11-42(12-10-41)24-17-46-18-24/h1-6,13,19,24-26,28H,7-12,15-18H2,(H2,35,39,45)(H,36,37,38,40)/t25-,26+,28+/m1/s1. The fraction of sp³-hybridized carbons (Fsp3) is 0.438. The fourth-order valence-electron chi connectivity index (χ4n) is 6.22. The number of aromatic nitrogens is 3. The second-order valence-electron chi connectivity index (χ2n) is 12.0. The molecule has 3 atom stereocenters. The molecule has 0 radical (unpaired) electrons. The van der Waals surface area contributed by atoms with Crippen LogP contribution < -0.4 is 25.6 Å². The number of nitrogens with zero attached hydrogens (tertiary/aromatic N) is 7. The molecular formula is C32H35FN10O4. The molecule has 3 amide bonds. The monoisotopic (exact) mass is 642 g/mol. The molecule has 0 aliphatic carbocycles. The third-order valence-electron chi connectivity index (χ3n) is 9.01. The Bertz CT molecular complexity index is 1660. The van der Waals surface area contributed by atoms with Gasteiger partial charge in [-0.05, 0) is 42.5 Å². The van der Waals surface area contributed by atoms with Crippen molar-refractivity contribution in [3.05, 3.63) is 54.4 Å². The molecule has 14 nitrogen and oxygen atoms in total. The minimum atomic E-state index is -1.46. The zero-order chi connectivity index (χ0) is 32.3. The summed E-state index contributed by atoms with van der Waals surface area (Å²) in [6.07, 6.45) is -0.658. The molecule has 2 aromatic carbocycles. The number of nitrogens with one attached hydrogen (secondary N) is 3. The van der Waals surface area contributed by atoms with Crippen LogP contribution in [0.5, 0.6) is 5.75 Å². The number of anilines is 3. The number of hydrogen-bond donors (Lipinski definition) is 3. The molecule has 15 heteroatoms. The summed E-state index contributed by atoms with van der Waals surface area (Å²) in [5.41, 5.74) is 2.78. The molecule has 4 fully saturated rings. The number of carbonyl (C=O) groups is 2. The van der Waals surface area contributed by atoms with E-state index in [-0.39, 0.29) is 43.3 Å². The van der Waals surface area contributed by atoms with Crippen LogP contribution in [0.15, 0.2) is 48.8 Å². The second-order valence-corrected chi connectivity index (χ2v) is 12.0. The SMILES string of the molecule is N#Cc1cc(-c2ncnc(Nc3ccc(N4CCN(C5COC5)CC4)cc3)n2)ccc1O[C@H]1CCN(C(=O)[C@@H]2CNC(=O)N2)C[C@H]1F. The van der Waals surface area contributed by atoms with E-state index in [0.717, 1.165) is 50.8 Å². The number of nitriles is 1. The van der Waals surface area contributed by atoms with Crippen LogP contribution in [0.4, 0.5) is 26.5 Å². The Morgan fingerprint density at radius 3 is 2.57 bits per heavy atom. The van der Waals surface area contributed by atoms with Gasteiger partial charge in [0, 0.05) is 62.6 Å². The van der Waals surface area contributed by atoms with Gasteiger partial charge in [-0.1, -0.05) is 0 Å². The first-order valence-corrected chi connectivity index (χ1v) is 15.7. The molecule has 1 aromatic heterocycles. The van der Waals surface area contributed by atoms with Gasteiger partial charge in [-0.25, -0.2) is 19.2 Å². The second kappa shape index (κ2) is 13.3. The molecule has 244 valence electrons. The number of amides is 3. The fourth-order valence-corrected chi connectivity index (χ4v) is 6.22. The van der Waals surface area contributed by atoms with E-state index >= 15 is 4.39 Å². The number of halogens is 1. The number of piperidine rings is 1. The van der Waals surface area contributed by atoms with Crippen LogP contribution in [-0.2, 0) is 9.53 Å². The highest BCUT2D eigenvalue weighted by atomic mass is 19.1. The summed E-state index contributed by atoms with van der Waals surface area (Å²) in [5, 5.41) is 18.2. The third kappa shape index (κ3) is 6.74. The van der Waals surface area contributed by atoms with Gasteiger partial charge in [0.2, 0.25) is 11.9 Å². The maximum Gasteiger partial charge on any atom is 0.315 e. The Hall–Kier alpha value is -5.07. The minimum absolute atomic E-state index is 0.160. The van der Waals surface area contributed by atoms with Gasteiger partial charge in [0.05, 0.1) is 31.4 Å². The molecule has 0 unspecified atom stereocenters. The highest BCUT2D eigenvalue weighted by Crippen LogP contribution is 2.29. The molecule has 0 bridgehead atoms. The molecule has 4 saturated heterocycles. The quantitative estimate of drug-likeness (QED) is 0.328. The summed E-state index contributed by atoms with van der Waals surface area (Å²) >= 11 is 0. The van der Waals surface area contributed by atoms with E-state index in [9.17, 15) is 14.9 Å². The van der Waals surface area contributed by atoms with E-state index in [1.54, 1.807) is 18.2 Å². The predicted molar refractivity (Wildman–Crippen MR) is 169 cm³/mol. The van der Waals surface area contributed by atoms with Crippen LogP contribution in [0, 0.1) is 11.3 Å². The number of urea groups is 1. The Balaban J connectivity index is 0.956. The number of piperazine rings is 1. The van der Waals surface area contributed by atoms with Gasteiger partial charge in [-0.15, -0.1) is 0 Å². The van der Waals surface area contributed by atoms with Crippen molar-refractivity contribution in [3.8, 4) is 23.2 Å².